The highest BCUT2D eigenvalue weighted by molar-refractivity contribution is 5.96. The smallest absolute Gasteiger partial charge is 0.179 e. The Morgan fingerprint density at radius 1 is 0.630 bits per heavy atom. The average Bonchev–Trinajstić information content (AvgIpc) is 2.72. The normalized spacial score (nSPS) is 11.1. The van der Waals surface area contributed by atoms with Crippen LogP contribution in [-0.2, 0) is 0 Å². The van der Waals surface area contributed by atoms with Gasteiger partial charge in [0.25, 0.3) is 0 Å². The highest BCUT2D eigenvalue weighted by Gasteiger charge is 2.12. The van der Waals surface area contributed by atoms with Crippen LogP contribution in [0, 0.1) is 6.92 Å². The maximum atomic E-state index is 4.92. The van der Waals surface area contributed by atoms with Crippen molar-refractivity contribution in [2.24, 2.45) is 0 Å². The third-order valence-corrected chi connectivity index (χ3v) is 4.74. The lowest BCUT2D eigenvalue weighted by Crippen LogP contribution is -1.97. The van der Waals surface area contributed by atoms with Crippen LogP contribution in [0.1, 0.15) is 5.69 Å². The molecule has 0 fully saturated rings. The quantitative estimate of drug-likeness (QED) is 0.404. The summed E-state index contributed by atoms with van der Waals surface area (Å²) in [4.78, 5) is 14.3. The van der Waals surface area contributed by atoms with Gasteiger partial charge in [-0.05, 0) is 42.0 Å². The summed E-state index contributed by atoms with van der Waals surface area (Å²) in [5.74, 6) is 0.653. The summed E-state index contributed by atoms with van der Waals surface area (Å²) < 4.78 is 0. The second-order valence-electron chi connectivity index (χ2n) is 6.64. The fourth-order valence-corrected chi connectivity index (χ4v) is 3.42. The molecule has 0 aliphatic rings. The third kappa shape index (κ3) is 2.83. The van der Waals surface area contributed by atoms with Gasteiger partial charge in [0.2, 0.25) is 0 Å². The lowest BCUT2D eigenvalue weighted by Gasteiger charge is -2.10. The molecule has 128 valence electrons. The predicted molar refractivity (Wildman–Crippen MR) is 110 cm³/mol. The molecule has 0 spiro atoms. The Kier molecular flexibility index (Phi) is 3.65. The van der Waals surface area contributed by atoms with Crippen LogP contribution >= 0.6 is 0 Å². The number of hydrogen-bond donors (Lipinski definition) is 0. The highest BCUT2D eigenvalue weighted by Crippen LogP contribution is 2.30. The predicted octanol–water partition coefficient (Wildman–Crippen LogP) is 5.82. The van der Waals surface area contributed by atoms with Crippen LogP contribution in [0.3, 0.4) is 0 Å². The molecule has 2 aromatic heterocycles. The van der Waals surface area contributed by atoms with Crippen molar-refractivity contribution in [3.05, 3.63) is 90.6 Å². The van der Waals surface area contributed by atoms with E-state index in [1.807, 2.05) is 43.3 Å². The van der Waals surface area contributed by atoms with E-state index in [1.54, 1.807) is 0 Å². The number of aromatic nitrogens is 3. The van der Waals surface area contributed by atoms with E-state index in [4.69, 9.17) is 9.97 Å². The van der Waals surface area contributed by atoms with Crippen molar-refractivity contribution in [2.75, 3.05) is 0 Å². The maximum Gasteiger partial charge on any atom is 0.179 e. The Morgan fingerprint density at radius 2 is 1.44 bits per heavy atom. The molecule has 3 nitrogen and oxygen atoms in total. The molecule has 0 bridgehead atoms. The summed E-state index contributed by atoms with van der Waals surface area (Å²) >= 11 is 0. The van der Waals surface area contributed by atoms with Crippen molar-refractivity contribution >= 4 is 21.7 Å². The molecule has 0 saturated heterocycles. The lowest BCUT2D eigenvalue weighted by atomic mass is 10.0. The maximum absolute atomic E-state index is 4.92. The molecule has 0 radical (unpaired) electrons. The van der Waals surface area contributed by atoms with Gasteiger partial charge in [0, 0.05) is 16.6 Å². The van der Waals surface area contributed by atoms with Gasteiger partial charge in [-0.1, -0.05) is 60.7 Å². The van der Waals surface area contributed by atoms with E-state index in [0.717, 1.165) is 33.5 Å². The summed E-state index contributed by atoms with van der Waals surface area (Å²) in [6.45, 7) is 1.98. The van der Waals surface area contributed by atoms with E-state index in [-0.39, 0.29) is 0 Å². The van der Waals surface area contributed by atoms with Crippen LogP contribution in [0.25, 0.3) is 44.5 Å². The van der Waals surface area contributed by atoms with E-state index >= 15 is 0 Å². The second kappa shape index (κ2) is 6.29. The Bertz CT molecular complexity index is 1290. The number of aryl methyl sites for hydroxylation is 1. The van der Waals surface area contributed by atoms with Crippen molar-refractivity contribution in [1.82, 2.24) is 15.0 Å². The molecule has 0 saturated carbocycles. The van der Waals surface area contributed by atoms with Gasteiger partial charge in [-0.3, -0.25) is 0 Å². The van der Waals surface area contributed by atoms with E-state index < -0.39 is 0 Å². The number of para-hydroxylation sites is 1. The van der Waals surface area contributed by atoms with Crippen molar-refractivity contribution in [1.29, 1.82) is 0 Å². The molecule has 5 rings (SSSR count). The van der Waals surface area contributed by atoms with Crippen molar-refractivity contribution in [3.63, 3.8) is 0 Å². The topological polar surface area (TPSA) is 38.7 Å². The molecular formula is C24H17N3. The van der Waals surface area contributed by atoms with Gasteiger partial charge in [0.05, 0.1) is 11.2 Å². The zero-order valence-corrected chi connectivity index (χ0v) is 14.9. The van der Waals surface area contributed by atoms with Crippen molar-refractivity contribution in [3.8, 4) is 22.8 Å². The van der Waals surface area contributed by atoms with Crippen LogP contribution in [0.5, 0.6) is 0 Å². The SMILES string of the molecule is Cc1cccc(-c2nc(-c3ccc4ccccc4c3)c3ccccc3n2)n1. The molecule has 2 heterocycles. The number of nitrogens with zero attached hydrogens (tertiary/aromatic N) is 3. The zero-order chi connectivity index (χ0) is 18.2. The summed E-state index contributed by atoms with van der Waals surface area (Å²) in [5.41, 5.74) is 4.69. The molecule has 0 unspecified atom stereocenters. The summed E-state index contributed by atoms with van der Waals surface area (Å²) in [6, 6.07) is 28.9. The van der Waals surface area contributed by atoms with E-state index in [0.29, 0.717) is 5.82 Å². The molecule has 0 N–H and O–H groups in total. The first-order valence-electron chi connectivity index (χ1n) is 8.98. The molecule has 0 aliphatic heterocycles. The fourth-order valence-electron chi connectivity index (χ4n) is 3.42. The van der Waals surface area contributed by atoms with Gasteiger partial charge in [-0.25, -0.2) is 15.0 Å². The van der Waals surface area contributed by atoms with E-state index in [9.17, 15) is 0 Å². The number of pyridine rings is 1. The van der Waals surface area contributed by atoms with E-state index in [1.165, 1.54) is 10.8 Å². The molecule has 27 heavy (non-hydrogen) atoms. The molecule has 3 aromatic carbocycles. The molecule has 0 atom stereocenters. The minimum atomic E-state index is 0.653. The average molecular weight is 347 g/mol. The standard InChI is InChI=1S/C24H17N3/c1-16-7-6-12-22(25-16)24-26-21-11-5-4-10-20(21)23(27-24)19-14-13-17-8-2-3-9-18(17)15-19/h2-15H,1H3. The minimum absolute atomic E-state index is 0.653. The monoisotopic (exact) mass is 347 g/mol. The number of rotatable bonds is 2. The van der Waals surface area contributed by atoms with Crippen LogP contribution < -0.4 is 0 Å². The van der Waals surface area contributed by atoms with Gasteiger partial charge >= 0.3 is 0 Å². The second-order valence-corrected chi connectivity index (χ2v) is 6.64. The summed E-state index contributed by atoms with van der Waals surface area (Å²) in [6.07, 6.45) is 0. The van der Waals surface area contributed by atoms with Crippen LogP contribution in [0.2, 0.25) is 0 Å². The Balaban J connectivity index is 1.79. The third-order valence-electron chi connectivity index (χ3n) is 4.74. The molecule has 0 amide bonds. The first-order chi connectivity index (χ1) is 13.3. The van der Waals surface area contributed by atoms with Gasteiger partial charge in [-0.2, -0.15) is 0 Å². The summed E-state index contributed by atoms with van der Waals surface area (Å²) in [7, 11) is 0. The van der Waals surface area contributed by atoms with Gasteiger partial charge in [0.15, 0.2) is 5.82 Å². The molecule has 0 aliphatic carbocycles. The van der Waals surface area contributed by atoms with Crippen LogP contribution in [-0.4, -0.2) is 15.0 Å². The lowest BCUT2D eigenvalue weighted by molar-refractivity contribution is 1.14. The zero-order valence-electron chi connectivity index (χ0n) is 14.9. The first kappa shape index (κ1) is 15.6. The van der Waals surface area contributed by atoms with Crippen LogP contribution in [0.15, 0.2) is 84.9 Å². The summed E-state index contributed by atoms with van der Waals surface area (Å²) in [5, 5.41) is 3.47. The Labute approximate surface area is 157 Å². The minimum Gasteiger partial charge on any atom is -0.250 e. The largest absolute Gasteiger partial charge is 0.250 e. The first-order valence-corrected chi connectivity index (χ1v) is 8.98. The highest BCUT2D eigenvalue weighted by atomic mass is 14.9. The fraction of sp³-hybridized carbons (Fsp3) is 0.0417. The number of fused-ring (bicyclic) bond motifs is 2. The number of hydrogen-bond acceptors (Lipinski definition) is 3. The van der Waals surface area contributed by atoms with Crippen LogP contribution in [0.4, 0.5) is 0 Å². The Morgan fingerprint density at radius 3 is 2.33 bits per heavy atom. The number of benzene rings is 3. The van der Waals surface area contributed by atoms with Gasteiger partial charge in [0.1, 0.15) is 5.69 Å². The molecule has 3 heteroatoms. The van der Waals surface area contributed by atoms with E-state index in [2.05, 4.69) is 53.5 Å². The van der Waals surface area contributed by atoms with Crippen molar-refractivity contribution < 1.29 is 0 Å². The Hall–Kier alpha value is -3.59. The molecular weight excluding hydrogens is 330 g/mol. The van der Waals surface area contributed by atoms with Crippen molar-refractivity contribution in [2.45, 2.75) is 6.92 Å². The molecule has 5 aromatic rings. The van der Waals surface area contributed by atoms with Gasteiger partial charge < -0.3 is 0 Å². The van der Waals surface area contributed by atoms with Gasteiger partial charge in [-0.15, -0.1) is 0 Å².